The molecule has 2 aliphatic rings. The van der Waals surface area contributed by atoms with Crippen LogP contribution < -0.4 is 11.1 Å². The molecule has 0 amide bonds. The van der Waals surface area contributed by atoms with Gasteiger partial charge in [0.05, 0.1) is 22.8 Å². The lowest BCUT2D eigenvalue weighted by molar-refractivity contribution is 0.796. The summed E-state index contributed by atoms with van der Waals surface area (Å²) >= 11 is 0. The summed E-state index contributed by atoms with van der Waals surface area (Å²) in [5, 5.41) is 4.63. The molecule has 6 nitrogen and oxygen atoms in total. The minimum absolute atomic E-state index is 0.0677. The summed E-state index contributed by atoms with van der Waals surface area (Å²) < 4.78 is 3.51. The third-order valence-corrected chi connectivity index (χ3v) is 7.59. The zero-order chi connectivity index (χ0) is 31.3. The first-order valence-electron chi connectivity index (χ1n) is 16.1. The van der Waals surface area contributed by atoms with E-state index in [1.54, 1.807) is 8.80 Å². The molecule has 0 saturated carbocycles. The van der Waals surface area contributed by atoms with Crippen molar-refractivity contribution in [3.63, 3.8) is 0 Å². The molecular formula is C37H44N4O2. The molecule has 0 atom stereocenters. The van der Waals surface area contributed by atoms with Gasteiger partial charge in [0.2, 0.25) is 0 Å². The van der Waals surface area contributed by atoms with Crippen molar-refractivity contribution >= 4 is 55.8 Å². The van der Waals surface area contributed by atoms with Crippen LogP contribution in [0.2, 0.25) is 0 Å². The van der Waals surface area contributed by atoms with Gasteiger partial charge in [0.25, 0.3) is 11.1 Å². The van der Waals surface area contributed by atoms with Gasteiger partial charge in [0.15, 0.2) is 0 Å². The predicted molar refractivity (Wildman–Crippen MR) is 185 cm³/mol. The first-order valence-corrected chi connectivity index (χ1v) is 16.1. The zero-order valence-electron chi connectivity index (χ0n) is 26.9. The number of fused-ring (bicyclic) bond motifs is 8. The van der Waals surface area contributed by atoms with Crippen molar-refractivity contribution in [3.8, 4) is 0 Å². The summed E-state index contributed by atoms with van der Waals surface area (Å²) in [4.78, 5) is 37.5. The molecule has 224 valence electrons. The molecule has 0 bridgehead atoms. The monoisotopic (exact) mass is 576 g/mol. The summed E-state index contributed by atoms with van der Waals surface area (Å²) in [6.07, 6.45) is 16.8. The molecule has 0 saturated heterocycles. The van der Waals surface area contributed by atoms with Gasteiger partial charge in [-0.1, -0.05) is 79.7 Å². The molecule has 6 heteroatoms. The quantitative estimate of drug-likeness (QED) is 0.134. The molecule has 2 aliphatic carbocycles. The first-order chi connectivity index (χ1) is 21.2. The Morgan fingerprint density at radius 2 is 1.19 bits per heavy atom. The Morgan fingerprint density at radius 1 is 0.628 bits per heavy atom. The maximum Gasteiger partial charge on any atom is 0.264 e. The molecule has 0 radical (unpaired) electrons. The molecule has 0 fully saturated rings. The van der Waals surface area contributed by atoms with E-state index in [9.17, 15) is 9.59 Å². The van der Waals surface area contributed by atoms with Crippen LogP contribution in [0.5, 0.6) is 0 Å². The van der Waals surface area contributed by atoms with Crippen LogP contribution in [0.1, 0.15) is 97.4 Å². The summed E-state index contributed by atoms with van der Waals surface area (Å²) in [6.45, 7) is 16.0. The van der Waals surface area contributed by atoms with Gasteiger partial charge in [0, 0.05) is 38.7 Å². The molecule has 0 N–H and O–H groups in total. The number of rotatable bonds is 0. The lowest BCUT2D eigenvalue weighted by Gasteiger charge is -2.12. The average molecular weight is 577 g/mol. The van der Waals surface area contributed by atoms with Crippen molar-refractivity contribution in [1.29, 1.82) is 0 Å². The molecule has 0 unspecified atom stereocenters. The highest BCUT2D eigenvalue weighted by Gasteiger charge is 2.24. The molecule has 0 aliphatic heterocycles. The number of benzene rings is 2. The minimum atomic E-state index is -0.108. The van der Waals surface area contributed by atoms with E-state index in [4.69, 9.17) is 9.97 Å². The van der Waals surface area contributed by atoms with Gasteiger partial charge in [-0.3, -0.25) is 18.4 Å². The van der Waals surface area contributed by atoms with E-state index in [1.807, 2.05) is 104 Å². The van der Waals surface area contributed by atoms with Crippen LogP contribution in [0, 0.1) is 0 Å². The molecule has 2 aromatic carbocycles. The Labute approximate surface area is 253 Å². The van der Waals surface area contributed by atoms with E-state index in [2.05, 4.69) is 12.2 Å². The molecule has 43 heavy (non-hydrogen) atoms. The average Bonchev–Trinajstić information content (AvgIpc) is 3.51. The van der Waals surface area contributed by atoms with Crippen LogP contribution in [-0.2, 0) is 12.8 Å². The largest absolute Gasteiger partial charge is 0.268 e. The van der Waals surface area contributed by atoms with Crippen molar-refractivity contribution in [3.05, 3.63) is 92.1 Å². The Kier molecular flexibility index (Phi) is 10.1. The Morgan fingerprint density at radius 3 is 1.84 bits per heavy atom. The highest BCUT2D eigenvalue weighted by molar-refractivity contribution is 6.27. The third kappa shape index (κ3) is 4.93. The van der Waals surface area contributed by atoms with Crippen LogP contribution >= 0.6 is 0 Å². The Bertz CT molecular complexity index is 2080. The van der Waals surface area contributed by atoms with Crippen LogP contribution in [-0.4, -0.2) is 18.8 Å². The maximum atomic E-state index is 13.9. The maximum absolute atomic E-state index is 13.9. The number of aromatic nitrogens is 4. The summed E-state index contributed by atoms with van der Waals surface area (Å²) in [5.41, 5.74) is 4.72. The zero-order valence-corrected chi connectivity index (χ0v) is 26.9. The standard InChI is InChI=1S/C29H20N4O2.4C2H6/c34-28-18-14-15-19-25-17(27-31-21-9-5-3-7-11-23(21)33(27)29(19)35)13-12-16(24(18)25)26-30-20-8-4-1-2-6-10-22(20)32(26)28;4*1-2/h2,5-7,9,11-15H,1,3-4,8,10H2;4*1-2H3/b6-2-;;;;. The SMILES string of the molecule is CC.CC.CC.CC.O=c1c2ccc3c(=O)n4c5c(nc4c4ccc(c2c34)c2nc3c(n12)C=CCC=C3)CCC/C=C\C5. The van der Waals surface area contributed by atoms with Crippen molar-refractivity contribution < 1.29 is 0 Å². The second-order valence-corrected chi connectivity index (χ2v) is 9.50. The Balaban J connectivity index is 0.000000492. The minimum Gasteiger partial charge on any atom is -0.268 e. The van der Waals surface area contributed by atoms with Gasteiger partial charge in [-0.15, -0.1) is 0 Å². The van der Waals surface area contributed by atoms with Gasteiger partial charge in [0.1, 0.15) is 11.3 Å². The van der Waals surface area contributed by atoms with E-state index in [0.29, 0.717) is 28.5 Å². The number of aryl methyl sites for hydroxylation is 1. The highest BCUT2D eigenvalue weighted by Crippen LogP contribution is 2.36. The second kappa shape index (κ2) is 13.8. The topological polar surface area (TPSA) is 68.7 Å². The van der Waals surface area contributed by atoms with E-state index < -0.39 is 0 Å². The first kappa shape index (κ1) is 31.6. The molecule has 8 rings (SSSR count). The van der Waals surface area contributed by atoms with E-state index in [0.717, 1.165) is 70.0 Å². The van der Waals surface area contributed by atoms with Crippen LogP contribution in [0.25, 0.3) is 55.8 Å². The van der Waals surface area contributed by atoms with E-state index in [-0.39, 0.29) is 11.1 Å². The molecule has 4 aromatic heterocycles. The number of pyridine rings is 2. The third-order valence-electron chi connectivity index (χ3n) is 7.59. The summed E-state index contributed by atoms with van der Waals surface area (Å²) in [7, 11) is 0. The lowest BCUT2D eigenvalue weighted by atomic mass is 9.96. The van der Waals surface area contributed by atoms with Crippen molar-refractivity contribution in [2.45, 2.75) is 87.5 Å². The fraction of sp³-hybridized carbons (Fsp3) is 0.351. The van der Waals surface area contributed by atoms with Crippen LogP contribution in [0.3, 0.4) is 0 Å². The number of hydrogen-bond donors (Lipinski definition) is 0. The van der Waals surface area contributed by atoms with Gasteiger partial charge in [-0.05, 0) is 62.1 Å². The normalized spacial score (nSPS) is 14.2. The predicted octanol–water partition coefficient (Wildman–Crippen LogP) is 9.01. The van der Waals surface area contributed by atoms with Crippen molar-refractivity contribution in [1.82, 2.24) is 18.8 Å². The smallest absolute Gasteiger partial charge is 0.264 e. The number of imidazole rings is 2. The molecule has 0 spiro atoms. The van der Waals surface area contributed by atoms with E-state index >= 15 is 0 Å². The fourth-order valence-electron chi connectivity index (χ4n) is 6.03. The summed E-state index contributed by atoms with van der Waals surface area (Å²) in [6, 6.07) is 7.71. The number of nitrogens with zero attached hydrogens (tertiary/aromatic N) is 4. The molecular weight excluding hydrogens is 532 g/mol. The van der Waals surface area contributed by atoms with Crippen molar-refractivity contribution in [2.24, 2.45) is 0 Å². The fourth-order valence-corrected chi connectivity index (χ4v) is 6.03. The highest BCUT2D eigenvalue weighted by atomic mass is 16.1. The lowest BCUT2D eigenvalue weighted by Crippen LogP contribution is -2.18. The molecule has 4 heterocycles. The van der Waals surface area contributed by atoms with Crippen LogP contribution in [0.15, 0.2) is 58.2 Å². The van der Waals surface area contributed by atoms with Crippen molar-refractivity contribution in [2.75, 3.05) is 0 Å². The van der Waals surface area contributed by atoms with Gasteiger partial charge >= 0.3 is 0 Å². The van der Waals surface area contributed by atoms with Gasteiger partial charge in [-0.25, -0.2) is 9.97 Å². The van der Waals surface area contributed by atoms with Gasteiger partial charge in [-0.2, -0.15) is 0 Å². The number of allylic oxidation sites excluding steroid dienone is 4. The number of hydrogen-bond acceptors (Lipinski definition) is 4. The second-order valence-electron chi connectivity index (χ2n) is 9.50. The molecule has 6 aromatic rings. The summed E-state index contributed by atoms with van der Waals surface area (Å²) in [5.74, 6) is 0. The Hall–Kier alpha value is -4.32. The van der Waals surface area contributed by atoms with Crippen LogP contribution in [0.4, 0.5) is 0 Å². The van der Waals surface area contributed by atoms with Gasteiger partial charge < -0.3 is 0 Å². The van der Waals surface area contributed by atoms with E-state index in [1.165, 1.54) is 0 Å².